The molecule has 0 bridgehead atoms. The molecule has 2 aromatic rings. The summed E-state index contributed by atoms with van der Waals surface area (Å²) in [6.07, 6.45) is 5.25. The zero-order chi connectivity index (χ0) is 17.5. The third-order valence-electron chi connectivity index (χ3n) is 4.97. The standard InChI is InChI=1S/C19H31N5O/c1-3-25-16-15-24-18(21-17-7-6-9-20-19(17)24)8-4-5-10-23-13-11-22(2)12-14-23/h6-7,9H,3-5,8,10-16H2,1-2H3. The van der Waals surface area contributed by atoms with Crippen molar-refractivity contribution in [1.29, 1.82) is 0 Å². The van der Waals surface area contributed by atoms with E-state index in [9.17, 15) is 0 Å². The zero-order valence-corrected chi connectivity index (χ0v) is 15.7. The largest absolute Gasteiger partial charge is 0.380 e. The summed E-state index contributed by atoms with van der Waals surface area (Å²) in [5.74, 6) is 1.15. The topological polar surface area (TPSA) is 46.4 Å². The van der Waals surface area contributed by atoms with Gasteiger partial charge in [0, 0.05) is 51.9 Å². The maximum Gasteiger partial charge on any atom is 0.160 e. The molecule has 3 heterocycles. The summed E-state index contributed by atoms with van der Waals surface area (Å²) >= 11 is 0. The minimum atomic E-state index is 0.715. The van der Waals surface area contributed by atoms with E-state index >= 15 is 0 Å². The lowest BCUT2D eigenvalue weighted by atomic mass is 10.2. The molecule has 1 aliphatic heterocycles. The van der Waals surface area contributed by atoms with Gasteiger partial charge in [-0.2, -0.15) is 0 Å². The molecule has 1 fully saturated rings. The second-order valence-corrected chi connectivity index (χ2v) is 6.82. The van der Waals surface area contributed by atoms with Crippen LogP contribution in [0.5, 0.6) is 0 Å². The first-order chi connectivity index (χ1) is 12.3. The number of aromatic nitrogens is 3. The van der Waals surface area contributed by atoms with Crippen LogP contribution in [-0.4, -0.2) is 77.3 Å². The van der Waals surface area contributed by atoms with E-state index in [-0.39, 0.29) is 0 Å². The molecular formula is C19H31N5O. The Kier molecular flexibility index (Phi) is 6.78. The highest BCUT2D eigenvalue weighted by atomic mass is 16.5. The van der Waals surface area contributed by atoms with E-state index in [1.54, 1.807) is 0 Å². The van der Waals surface area contributed by atoms with Crippen LogP contribution in [-0.2, 0) is 17.7 Å². The smallest absolute Gasteiger partial charge is 0.160 e. The van der Waals surface area contributed by atoms with Gasteiger partial charge in [0.2, 0.25) is 0 Å². The van der Waals surface area contributed by atoms with Crippen LogP contribution in [0.1, 0.15) is 25.6 Å². The van der Waals surface area contributed by atoms with Crippen LogP contribution in [0.15, 0.2) is 18.3 Å². The average Bonchev–Trinajstić information content (AvgIpc) is 2.98. The maximum absolute atomic E-state index is 5.54. The number of hydrogen-bond acceptors (Lipinski definition) is 5. The second-order valence-electron chi connectivity index (χ2n) is 6.82. The number of pyridine rings is 1. The fourth-order valence-electron chi connectivity index (χ4n) is 3.42. The first kappa shape index (κ1) is 18.3. The van der Waals surface area contributed by atoms with Gasteiger partial charge in [-0.05, 0) is 45.5 Å². The van der Waals surface area contributed by atoms with Crippen molar-refractivity contribution in [1.82, 2.24) is 24.3 Å². The van der Waals surface area contributed by atoms with Crippen molar-refractivity contribution in [2.75, 3.05) is 53.0 Å². The van der Waals surface area contributed by atoms with E-state index in [1.165, 1.54) is 45.6 Å². The van der Waals surface area contributed by atoms with Crippen LogP contribution in [0.3, 0.4) is 0 Å². The van der Waals surface area contributed by atoms with E-state index < -0.39 is 0 Å². The summed E-state index contributed by atoms with van der Waals surface area (Å²) in [6, 6.07) is 4.01. The Labute approximate surface area is 150 Å². The van der Waals surface area contributed by atoms with Crippen molar-refractivity contribution in [3.05, 3.63) is 24.2 Å². The average molecular weight is 345 g/mol. The van der Waals surface area contributed by atoms with E-state index in [1.807, 2.05) is 25.3 Å². The van der Waals surface area contributed by atoms with Crippen LogP contribution in [0, 0.1) is 0 Å². The number of aryl methyl sites for hydroxylation is 1. The Bertz CT molecular complexity index is 648. The number of nitrogens with zero attached hydrogens (tertiary/aromatic N) is 5. The van der Waals surface area contributed by atoms with E-state index in [2.05, 4.69) is 26.4 Å². The third kappa shape index (κ3) is 5.00. The van der Waals surface area contributed by atoms with Crippen molar-refractivity contribution in [3.63, 3.8) is 0 Å². The van der Waals surface area contributed by atoms with Gasteiger partial charge in [-0.15, -0.1) is 0 Å². The quantitative estimate of drug-likeness (QED) is 0.651. The molecule has 3 rings (SSSR count). The Balaban J connectivity index is 1.54. The first-order valence-corrected chi connectivity index (χ1v) is 9.56. The molecule has 0 aliphatic carbocycles. The number of ether oxygens (including phenoxy) is 1. The predicted octanol–water partition coefficient (Wildman–Crippen LogP) is 2.04. The fourth-order valence-corrected chi connectivity index (χ4v) is 3.42. The molecule has 6 heteroatoms. The number of fused-ring (bicyclic) bond motifs is 1. The second kappa shape index (κ2) is 9.27. The summed E-state index contributed by atoms with van der Waals surface area (Å²) in [7, 11) is 2.21. The van der Waals surface area contributed by atoms with Gasteiger partial charge in [-0.3, -0.25) is 0 Å². The Morgan fingerprint density at radius 3 is 2.76 bits per heavy atom. The van der Waals surface area contributed by atoms with Crippen molar-refractivity contribution in [3.8, 4) is 0 Å². The summed E-state index contributed by atoms with van der Waals surface area (Å²) in [5, 5.41) is 0. The molecule has 138 valence electrons. The molecule has 6 nitrogen and oxygen atoms in total. The number of hydrogen-bond donors (Lipinski definition) is 0. The molecule has 0 atom stereocenters. The number of piperazine rings is 1. The number of imidazole rings is 1. The number of unbranched alkanes of at least 4 members (excludes halogenated alkanes) is 1. The maximum atomic E-state index is 5.54. The lowest BCUT2D eigenvalue weighted by Crippen LogP contribution is -2.44. The van der Waals surface area contributed by atoms with Crippen LogP contribution < -0.4 is 0 Å². The number of rotatable bonds is 9. The van der Waals surface area contributed by atoms with Crippen molar-refractivity contribution in [2.24, 2.45) is 0 Å². The van der Waals surface area contributed by atoms with Gasteiger partial charge < -0.3 is 19.1 Å². The molecule has 0 aromatic carbocycles. The summed E-state index contributed by atoms with van der Waals surface area (Å²) in [5.41, 5.74) is 1.98. The van der Waals surface area contributed by atoms with E-state index in [0.717, 1.165) is 36.6 Å². The fraction of sp³-hybridized carbons (Fsp3) is 0.684. The van der Waals surface area contributed by atoms with Crippen LogP contribution in [0.2, 0.25) is 0 Å². The van der Waals surface area contributed by atoms with Crippen molar-refractivity contribution >= 4 is 11.2 Å². The van der Waals surface area contributed by atoms with Crippen LogP contribution in [0.4, 0.5) is 0 Å². The van der Waals surface area contributed by atoms with Gasteiger partial charge >= 0.3 is 0 Å². The van der Waals surface area contributed by atoms with Gasteiger partial charge in [0.05, 0.1) is 6.61 Å². The lowest BCUT2D eigenvalue weighted by molar-refractivity contribution is 0.139. The zero-order valence-electron chi connectivity index (χ0n) is 15.7. The third-order valence-corrected chi connectivity index (χ3v) is 4.97. The summed E-state index contributed by atoms with van der Waals surface area (Å²) in [4.78, 5) is 14.3. The van der Waals surface area contributed by atoms with Gasteiger partial charge in [0.15, 0.2) is 5.65 Å². The molecular weight excluding hydrogens is 314 g/mol. The van der Waals surface area contributed by atoms with Crippen molar-refractivity contribution in [2.45, 2.75) is 32.7 Å². The van der Waals surface area contributed by atoms with E-state index in [4.69, 9.17) is 9.72 Å². The molecule has 0 saturated carbocycles. The molecule has 0 unspecified atom stereocenters. The summed E-state index contributed by atoms with van der Waals surface area (Å²) < 4.78 is 7.77. The molecule has 0 spiro atoms. The first-order valence-electron chi connectivity index (χ1n) is 9.56. The normalized spacial score (nSPS) is 16.7. The lowest BCUT2D eigenvalue weighted by Gasteiger charge is -2.32. The Morgan fingerprint density at radius 1 is 1.12 bits per heavy atom. The monoisotopic (exact) mass is 345 g/mol. The van der Waals surface area contributed by atoms with Gasteiger partial charge in [0.25, 0.3) is 0 Å². The van der Waals surface area contributed by atoms with E-state index in [0.29, 0.717) is 6.61 Å². The minimum absolute atomic E-state index is 0.715. The van der Waals surface area contributed by atoms with Gasteiger partial charge in [0.1, 0.15) is 11.3 Å². The Morgan fingerprint density at radius 2 is 1.96 bits per heavy atom. The summed E-state index contributed by atoms with van der Waals surface area (Å²) in [6.45, 7) is 10.3. The highest BCUT2D eigenvalue weighted by Crippen LogP contribution is 2.15. The molecule has 0 amide bonds. The molecule has 25 heavy (non-hydrogen) atoms. The molecule has 1 saturated heterocycles. The predicted molar refractivity (Wildman–Crippen MR) is 101 cm³/mol. The number of likely N-dealkylation sites (N-methyl/N-ethyl adjacent to an activating group) is 1. The van der Waals surface area contributed by atoms with Crippen LogP contribution in [0.25, 0.3) is 11.2 Å². The van der Waals surface area contributed by atoms with Gasteiger partial charge in [-0.1, -0.05) is 0 Å². The van der Waals surface area contributed by atoms with Gasteiger partial charge in [-0.25, -0.2) is 9.97 Å². The van der Waals surface area contributed by atoms with Crippen molar-refractivity contribution < 1.29 is 4.74 Å². The molecule has 0 radical (unpaired) electrons. The highest BCUT2D eigenvalue weighted by Gasteiger charge is 2.14. The SMILES string of the molecule is CCOCCn1c(CCCCN2CCN(C)CC2)nc2cccnc21. The molecule has 2 aromatic heterocycles. The minimum Gasteiger partial charge on any atom is -0.380 e. The molecule has 0 N–H and O–H groups in total. The Hall–Kier alpha value is -1.50. The van der Waals surface area contributed by atoms with Crippen LogP contribution >= 0.6 is 0 Å². The highest BCUT2D eigenvalue weighted by molar-refractivity contribution is 5.71. The molecule has 1 aliphatic rings.